The van der Waals surface area contributed by atoms with Crippen molar-refractivity contribution >= 4 is 17.4 Å². The SMILES string of the molecule is CC(=O)c1cccc(O[C@H](CCN2CCC(c3cccc(NC(=O)C(C)C)c3)CC2)c2ccccc2)c1. The number of likely N-dealkylation sites (tertiary alicyclic amines) is 1. The van der Waals surface area contributed by atoms with Crippen LogP contribution in [0.3, 0.4) is 0 Å². The molecule has 1 fully saturated rings. The largest absolute Gasteiger partial charge is 0.486 e. The number of ketones is 1. The third-order valence-electron chi connectivity index (χ3n) is 7.14. The standard InChI is InChI=1S/C32H38N2O3/c1-23(2)32(36)33-29-13-7-12-28(21-29)25-15-18-34(19-16-25)20-17-31(26-9-5-4-6-10-26)37-30-14-8-11-27(22-30)24(3)35/h4-14,21-23,25,31H,15-20H2,1-3H3,(H,33,36)/t31-/m1/s1. The maximum Gasteiger partial charge on any atom is 0.226 e. The van der Waals surface area contributed by atoms with Gasteiger partial charge in [-0.05, 0) is 74.2 Å². The van der Waals surface area contributed by atoms with Crippen molar-refractivity contribution in [2.75, 3.05) is 25.0 Å². The van der Waals surface area contributed by atoms with Crippen molar-refractivity contribution in [3.63, 3.8) is 0 Å². The number of carbonyl (C=O) groups is 2. The van der Waals surface area contributed by atoms with Gasteiger partial charge in [0.1, 0.15) is 11.9 Å². The average Bonchev–Trinajstić information content (AvgIpc) is 2.92. The quantitative estimate of drug-likeness (QED) is 0.310. The van der Waals surface area contributed by atoms with Gasteiger partial charge in [0.05, 0.1) is 0 Å². The summed E-state index contributed by atoms with van der Waals surface area (Å²) >= 11 is 0. The molecule has 1 saturated heterocycles. The smallest absolute Gasteiger partial charge is 0.226 e. The molecule has 4 rings (SSSR count). The molecule has 1 aliphatic heterocycles. The van der Waals surface area contributed by atoms with Crippen molar-refractivity contribution in [3.05, 3.63) is 95.6 Å². The van der Waals surface area contributed by atoms with Gasteiger partial charge >= 0.3 is 0 Å². The highest BCUT2D eigenvalue weighted by atomic mass is 16.5. The molecule has 37 heavy (non-hydrogen) atoms. The molecule has 5 heteroatoms. The normalized spacial score (nSPS) is 15.4. The molecule has 0 aliphatic carbocycles. The summed E-state index contributed by atoms with van der Waals surface area (Å²) in [6.45, 7) is 8.42. The Hall–Kier alpha value is -3.44. The number of nitrogens with zero attached hydrogens (tertiary/aromatic N) is 1. The van der Waals surface area contributed by atoms with E-state index in [9.17, 15) is 9.59 Å². The van der Waals surface area contributed by atoms with Crippen molar-refractivity contribution in [3.8, 4) is 5.75 Å². The van der Waals surface area contributed by atoms with E-state index in [0.717, 1.165) is 55.9 Å². The second-order valence-corrected chi connectivity index (χ2v) is 10.3. The Balaban J connectivity index is 1.35. The second kappa shape index (κ2) is 12.7. The summed E-state index contributed by atoms with van der Waals surface area (Å²) in [5, 5.41) is 3.03. The predicted molar refractivity (Wildman–Crippen MR) is 149 cm³/mol. The lowest BCUT2D eigenvalue weighted by Crippen LogP contribution is -2.34. The van der Waals surface area contributed by atoms with Crippen LogP contribution in [-0.2, 0) is 4.79 Å². The van der Waals surface area contributed by atoms with Gasteiger partial charge < -0.3 is 15.0 Å². The van der Waals surface area contributed by atoms with Crippen LogP contribution in [0.2, 0.25) is 0 Å². The van der Waals surface area contributed by atoms with E-state index in [0.29, 0.717) is 11.5 Å². The van der Waals surface area contributed by atoms with Gasteiger partial charge in [0.15, 0.2) is 5.78 Å². The van der Waals surface area contributed by atoms with Gasteiger partial charge in [0, 0.05) is 30.1 Å². The number of rotatable bonds is 10. The van der Waals surface area contributed by atoms with Crippen LogP contribution in [-0.4, -0.2) is 36.2 Å². The fraction of sp³-hybridized carbons (Fsp3) is 0.375. The molecule has 3 aromatic carbocycles. The first-order chi connectivity index (χ1) is 17.9. The molecule has 194 valence electrons. The molecule has 0 unspecified atom stereocenters. The fourth-order valence-corrected chi connectivity index (χ4v) is 4.86. The van der Waals surface area contributed by atoms with Crippen LogP contribution in [0, 0.1) is 5.92 Å². The summed E-state index contributed by atoms with van der Waals surface area (Å²) in [6.07, 6.45) is 2.98. The zero-order chi connectivity index (χ0) is 26.2. The zero-order valence-electron chi connectivity index (χ0n) is 22.2. The number of anilines is 1. The van der Waals surface area contributed by atoms with Crippen LogP contribution in [0.25, 0.3) is 0 Å². The van der Waals surface area contributed by atoms with Crippen LogP contribution in [0.1, 0.15) is 73.5 Å². The van der Waals surface area contributed by atoms with E-state index >= 15 is 0 Å². The number of piperidine rings is 1. The molecule has 1 amide bonds. The highest BCUT2D eigenvalue weighted by molar-refractivity contribution is 5.94. The summed E-state index contributed by atoms with van der Waals surface area (Å²) in [5.41, 5.74) is 4.00. The molecule has 0 aromatic heterocycles. The van der Waals surface area contributed by atoms with Gasteiger partial charge in [-0.2, -0.15) is 0 Å². The van der Waals surface area contributed by atoms with E-state index < -0.39 is 0 Å². The lowest BCUT2D eigenvalue weighted by atomic mass is 9.89. The molecule has 3 aromatic rings. The van der Waals surface area contributed by atoms with E-state index in [-0.39, 0.29) is 23.7 Å². The number of ether oxygens (including phenoxy) is 1. The average molecular weight is 499 g/mol. The van der Waals surface area contributed by atoms with E-state index in [1.165, 1.54) is 5.56 Å². The molecule has 1 aliphatic rings. The number of carbonyl (C=O) groups excluding carboxylic acids is 2. The van der Waals surface area contributed by atoms with Crippen molar-refractivity contribution in [2.45, 2.75) is 52.1 Å². The maximum absolute atomic E-state index is 12.1. The Morgan fingerprint density at radius 3 is 2.38 bits per heavy atom. The van der Waals surface area contributed by atoms with E-state index in [2.05, 4.69) is 34.5 Å². The van der Waals surface area contributed by atoms with Gasteiger partial charge in [0.25, 0.3) is 0 Å². The van der Waals surface area contributed by atoms with Gasteiger partial charge in [-0.15, -0.1) is 0 Å². The predicted octanol–water partition coefficient (Wildman–Crippen LogP) is 6.87. The van der Waals surface area contributed by atoms with E-state index in [1.54, 1.807) is 6.92 Å². The number of nitrogens with one attached hydrogen (secondary N) is 1. The van der Waals surface area contributed by atoms with Crippen LogP contribution in [0.5, 0.6) is 5.75 Å². The molecule has 0 radical (unpaired) electrons. The summed E-state index contributed by atoms with van der Waals surface area (Å²) in [7, 11) is 0. The number of hydrogen-bond donors (Lipinski definition) is 1. The van der Waals surface area contributed by atoms with Crippen LogP contribution >= 0.6 is 0 Å². The minimum atomic E-state index is -0.0811. The Labute approximate surface area is 220 Å². The topological polar surface area (TPSA) is 58.6 Å². The molecular weight excluding hydrogens is 460 g/mol. The van der Waals surface area contributed by atoms with Crippen molar-refractivity contribution in [1.29, 1.82) is 0 Å². The highest BCUT2D eigenvalue weighted by Gasteiger charge is 2.23. The molecular formula is C32H38N2O3. The first-order valence-electron chi connectivity index (χ1n) is 13.3. The first-order valence-corrected chi connectivity index (χ1v) is 13.3. The van der Waals surface area contributed by atoms with Gasteiger partial charge in [-0.25, -0.2) is 0 Å². The van der Waals surface area contributed by atoms with Gasteiger partial charge in [-0.1, -0.05) is 68.4 Å². The molecule has 1 heterocycles. The minimum Gasteiger partial charge on any atom is -0.486 e. The Morgan fingerprint density at radius 2 is 1.68 bits per heavy atom. The maximum atomic E-state index is 12.1. The number of hydrogen-bond acceptors (Lipinski definition) is 4. The van der Waals surface area contributed by atoms with Gasteiger partial charge in [-0.3, -0.25) is 9.59 Å². The zero-order valence-corrected chi connectivity index (χ0v) is 22.2. The number of benzene rings is 3. The lowest BCUT2D eigenvalue weighted by molar-refractivity contribution is -0.118. The Morgan fingerprint density at radius 1 is 0.946 bits per heavy atom. The molecule has 0 spiro atoms. The summed E-state index contributed by atoms with van der Waals surface area (Å²) in [4.78, 5) is 26.4. The van der Waals surface area contributed by atoms with Crippen molar-refractivity contribution in [2.24, 2.45) is 5.92 Å². The Kier molecular flexibility index (Phi) is 9.13. The van der Waals surface area contributed by atoms with E-state index in [1.807, 2.05) is 68.4 Å². The number of amides is 1. The lowest BCUT2D eigenvalue weighted by Gasteiger charge is -2.33. The molecule has 0 bridgehead atoms. The second-order valence-electron chi connectivity index (χ2n) is 10.3. The van der Waals surface area contributed by atoms with Gasteiger partial charge in [0.2, 0.25) is 5.91 Å². The van der Waals surface area contributed by atoms with Crippen molar-refractivity contribution in [1.82, 2.24) is 4.90 Å². The molecule has 5 nitrogen and oxygen atoms in total. The monoisotopic (exact) mass is 498 g/mol. The summed E-state index contributed by atoms with van der Waals surface area (Å²) in [6, 6.07) is 26.1. The third-order valence-corrected chi connectivity index (χ3v) is 7.14. The molecule has 1 N–H and O–H groups in total. The van der Waals surface area contributed by atoms with Crippen LogP contribution in [0.4, 0.5) is 5.69 Å². The highest BCUT2D eigenvalue weighted by Crippen LogP contribution is 2.31. The van der Waals surface area contributed by atoms with E-state index in [4.69, 9.17) is 4.74 Å². The van der Waals surface area contributed by atoms with Crippen LogP contribution < -0.4 is 10.1 Å². The first kappa shape index (κ1) is 26.6. The minimum absolute atomic E-state index is 0.0336. The Bertz CT molecular complexity index is 1180. The summed E-state index contributed by atoms with van der Waals surface area (Å²) in [5.74, 6) is 1.29. The number of Topliss-reactive ketones (excluding diaryl/α,β-unsaturated/α-hetero) is 1. The fourth-order valence-electron chi connectivity index (χ4n) is 4.86. The molecule has 0 saturated carbocycles. The summed E-state index contributed by atoms with van der Waals surface area (Å²) < 4.78 is 6.42. The third kappa shape index (κ3) is 7.53. The molecule has 1 atom stereocenters. The van der Waals surface area contributed by atoms with Crippen LogP contribution in [0.15, 0.2) is 78.9 Å². The van der Waals surface area contributed by atoms with Crippen molar-refractivity contribution < 1.29 is 14.3 Å².